The highest BCUT2D eigenvalue weighted by atomic mass is 16.2. The number of carbonyl (C=O) groups is 1. The molecule has 106 valence electrons. The van der Waals surface area contributed by atoms with Crippen molar-refractivity contribution in [3.63, 3.8) is 0 Å². The molecular weight excluding hydrogens is 236 g/mol. The van der Waals surface area contributed by atoms with Gasteiger partial charge in [-0.05, 0) is 57.0 Å². The van der Waals surface area contributed by atoms with Gasteiger partial charge in [-0.1, -0.05) is 13.0 Å². The average molecular weight is 262 g/mol. The molecule has 0 bridgehead atoms. The summed E-state index contributed by atoms with van der Waals surface area (Å²) in [5.74, 6) is 0.221. The van der Waals surface area contributed by atoms with Crippen LogP contribution in [0.25, 0.3) is 0 Å². The van der Waals surface area contributed by atoms with Gasteiger partial charge in [0.05, 0.1) is 5.92 Å². The largest absolute Gasteiger partial charge is 0.319 e. The first-order valence-electron chi connectivity index (χ1n) is 6.93. The Balaban J connectivity index is 3.03. The predicted octanol–water partition coefficient (Wildman–Crippen LogP) is 2.82. The van der Waals surface area contributed by atoms with E-state index in [4.69, 9.17) is 0 Å². The maximum atomic E-state index is 12.5. The van der Waals surface area contributed by atoms with E-state index in [-0.39, 0.29) is 11.8 Å². The lowest BCUT2D eigenvalue weighted by molar-refractivity contribution is -0.122. The summed E-state index contributed by atoms with van der Waals surface area (Å²) in [6.45, 7) is 9.08. The number of nitrogens with one attached hydrogen (secondary N) is 1. The number of benzene rings is 1. The molecule has 0 spiro atoms. The number of nitrogens with zero attached hydrogens (tertiary/aromatic N) is 1. The molecule has 0 fully saturated rings. The second kappa shape index (κ2) is 6.71. The van der Waals surface area contributed by atoms with Crippen molar-refractivity contribution >= 4 is 11.6 Å². The Labute approximate surface area is 117 Å². The molecule has 0 heterocycles. The van der Waals surface area contributed by atoms with Gasteiger partial charge in [-0.2, -0.15) is 0 Å². The normalized spacial score (nSPS) is 12.3. The van der Waals surface area contributed by atoms with Crippen molar-refractivity contribution in [2.75, 3.05) is 25.5 Å². The summed E-state index contributed by atoms with van der Waals surface area (Å²) in [6, 6.07) is 4.13. The SMILES string of the molecule is CCC(CNC)C(=O)N(C)c1ccc(C)c(C)c1C. The van der Waals surface area contributed by atoms with Gasteiger partial charge in [0.1, 0.15) is 0 Å². The minimum atomic E-state index is 0.0380. The van der Waals surface area contributed by atoms with Gasteiger partial charge in [0.25, 0.3) is 0 Å². The van der Waals surface area contributed by atoms with E-state index < -0.39 is 0 Å². The minimum absolute atomic E-state index is 0.0380. The second-order valence-electron chi connectivity index (χ2n) is 5.21. The number of hydrogen-bond donors (Lipinski definition) is 1. The average Bonchev–Trinajstić information content (AvgIpc) is 2.41. The molecule has 0 aliphatic heterocycles. The van der Waals surface area contributed by atoms with Crippen LogP contribution in [0.1, 0.15) is 30.0 Å². The number of anilines is 1. The van der Waals surface area contributed by atoms with Crippen LogP contribution in [-0.2, 0) is 4.79 Å². The van der Waals surface area contributed by atoms with Crippen LogP contribution in [0.2, 0.25) is 0 Å². The first-order valence-corrected chi connectivity index (χ1v) is 6.93. The van der Waals surface area contributed by atoms with Crippen molar-refractivity contribution in [2.24, 2.45) is 5.92 Å². The maximum absolute atomic E-state index is 12.5. The highest BCUT2D eigenvalue weighted by Gasteiger charge is 2.22. The van der Waals surface area contributed by atoms with Crippen LogP contribution in [0.5, 0.6) is 0 Å². The monoisotopic (exact) mass is 262 g/mol. The molecule has 0 aliphatic carbocycles. The number of amides is 1. The molecule has 1 amide bonds. The molecule has 1 aromatic rings. The van der Waals surface area contributed by atoms with E-state index >= 15 is 0 Å². The molecule has 1 N–H and O–H groups in total. The van der Waals surface area contributed by atoms with Crippen LogP contribution in [0.15, 0.2) is 12.1 Å². The third-order valence-corrected chi connectivity index (χ3v) is 4.01. The summed E-state index contributed by atoms with van der Waals surface area (Å²) in [6.07, 6.45) is 0.855. The summed E-state index contributed by atoms with van der Waals surface area (Å²) in [5.41, 5.74) is 4.74. The van der Waals surface area contributed by atoms with Crippen molar-refractivity contribution < 1.29 is 4.79 Å². The zero-order valence-corrected chi connectivity index (χ0v) is 13.0. The first-order chi connectivity index (χ1) is 8.93. The zero-order valence-electron chi connectivity index (χ0n) is 13.0. The van der Waals surface area contributed by atoms with Gasteiger partial charge in [0.15, 0.2) is 0 Å². The standard InChI is InChI=1S/C16H26N2O/c1-7-14(10-17-5)16(19)18(6)15-9-8-11(2)12(3)13(15)4/h8-9,14,17H,7,10H2,1-6H3. The van der Waals surface area contributed by atoms with Crippen molar-refractivity contribution in [1.29, 1.82) is 0 Å². The van der Waals surface area contributed by atoms with Gasteiger partial charge >= 0.3 is 0 Å². The van der Waals surface area contributed by atoms with Crippen molar-refractivity contribution in [1.82, 2.24) is 5.32 Å². The van der Waals surface area contributed by atoms with Gasteiger partial charge in [-0.3, -0.25) is 4.79 Å². The number of rotatable bonds is 5. The molecule has 0 aromatic heterocycles. The minimum Gasteiger partial charge on any atom is -0.319 e. The van der Waals surface area contributed by atoms with Crippen LogP contribution >= 0.6 is 0 Å². The first kappa shape index (κ1) is 15.7. The molecule has 0 radical (unpaired) electrons. The fraction of sp³-hybridized carbons (Fsp3) is 0.562. The molecule has 1 rings (SSSR count). The van der Waals surface area contributed by atoms with Crippen LogP contribution < -0.4 is 10.2 Å². The molecule has 0 saturated heterocycles. The molecule has 0 aliphatic rings. The molecule has 19 heavy (non-hydrogen) atoms. The van der Waals surface area contributed by atoms with Crippen molar-refractivity contribution in [3.8, 4) is 0 Å². The maximum Gasteiger partial charge on any atom is 0.231 e. The lowest BCUT2D eigenvalue weighted by Crippen LogP contribution is -2.37. The molecule has 3 nitrogen and oxygen atoms in total. The molecule has 1 unspecified atom stereocenters. The molecule has 0 saturated carbocycles. The van der Waals surface area contributed by atoms with E-state index in [9.17, 15) is 4.79 Å². The van der Waals surface area contributed by atoms with Gasteiger partial charge in [-0.25, -0.2) is 0 Å². The Morgan fingerprint density at radius 2 is 1.89 bits per heavy atom. The second-order valence-corrected chi connectivity index (χ2v) is 5.21. The molecule has 1 aromatic carbocycles. The van der Waals surface area contributed by atoms with Crippen LogP contribution in [0, 0.1) is 26.7 Å². The van der Waals surface area contributed by atoms with Crippen LogP contribution in [0.3, 0.4) is 0 Å². The lowest BCUT2D eigenvalue weighted by atomic mass is 10.00. The Morgan fingerprint density at radius 1 is 1.26 bits per heavy atom. The lowest BCUT2D eigenvalue weighted by Gasteiger charge is -2.25. The number of hydrogen-bond acceptors (Lipinski definition) is 2. The summed E-state index contributed by atoms with van der Waals surface area (Å²) in [4.78, 5) is 14.3. The summed E-state index contributed by atoms with van der Waals surface area (Å²) >= 11 is 0. The Hall–Kier alpha value is -1.35. The van der Waals surface area contributed by atoms with Crippen LogP contribution in [-0.4, -0.2) is 26.5 Å². The third-order valence-electron chi connectivity index (χ3n) is 4.01. The van der Waals surface area contributed by atoms with E-state index in [0.717, 1.165) is 18.7 Å². The zero-order chi connectivity index (χ0) is 14.6. The predicted molar refractivity (Wildman–Crippen MR) is 81.8 cm³/mol. The van der Waals surface area contributed by atoms with E-state index in [1.165, 1.54) is 16.7 Å². The smallest absolute Gasteiger partial charge is 0.231 e. The molecule has 3 heteroatoms. The topological polar surface area (TPSA) is 32.3 Å². The summed E-state index contributed by atoms with van der Waals surface area (Å²) < 4.78 is 0. The number of aryl methyl sites for hydroxylation is 1. The van der Waals surface area contributed by atoms with Gasteiger partial charge in [0, 0.05) is 19.3 Å². The Bertz CT molecular complexity index is 454. The van der Waals surface area contributed by atoms with E-state index in [2.05, 4.69) is 39.1 Å². The summed E-state index contributed by atoms with van der Waals surface area (Å²) in [5, 5.41) is 3.09. The van der Waals surface area contributed by atoms with Crippen molar-refractivity contribution in [2.45, 2.75) is 34.1 Å². The van der Waals surface area contributed by atoms with E-state index in [1.54, 1.807) is 4.90 Å². The fourth-order valence-electron chi connectivity index (χ4n) is 2.35. The highest BCUT2D eigenvalue weighted by Crippen LogP contribution is 2.25. The van der Waals surface area contributed by atoms with Crippen LogP contribution in [0.4, 0.5) is 5.69 Å². The van der Waals surface area contributed by atoms with E-state index in [0.29, 0.717) is 0 Å². The van der Waals surface area contributed by atoms with E-state index in [1.807, 2.05) is 20.2 Å². The van der Waals surface area contributed by atoms with Crippen molar-refractivity contribution in [3.05, 3.63) is 28.8 Å². The van der Waals surface area contributed by atoms with Gasteiger partial charge in [0.2, 0.25) is 5.91 Å². The molecular formula is C16H26N2O. The number of carbonyl (C=O) groups excluding carboxylic acids is 1. The fourth-order valence-corrected chi connectivity index (χ4v) is 2.35. The third kappa shape index (κ3) is 3.35. The Morgan fingerprint density at radius 3 is 2.42 bits per heavy atom. The molecule has 1 atom stereocenters. The quantitative estimate of drug-likeness (QED) is 0.885. The summed E-state index contributed by atoms with van der Waals surface area (Å²) in [7, 11) is 3.76. The van der Waals surface area contributed by atoms with Gasteiger partial charge < -0.3 is 10.2 Å². The highest BCUT2D eigenvalue weighted by molar-refractivity contribution is 5.95. The Kier molecular flexibility index (Phi) is 5.55. The van der Waals surface area contributed by atoms with Gasteiger partial charge in [-0.15, -0.1) is 0 Å².